The van der Waals surface area contributed by atoms with Crippen LogP contribution in [0.5, 0.6) is 0 Å². The second kappa shape index (κ2) is 6.32. The lowest BCUT2D eigenvalue weighted by atomic mass is 9.86. The van der Waals surface area contributed by atoms with Gasteiger partial charge in [-0.2, -0.15) is 0 Å². The minimum atomic E-state index is -0.212. The summed E-state index contributed by atoms with van der Waals surface area (Å²) >= 11 is 16.5. The number of rotatable bonds is 2. The molecular formula is C18H19BrCl2. The zero-order valence-electron chi connectivity index (χ0n) is 12.9. The Morgan fingerprint density at radius 3 is 1.86 bits per heavy atom. The Labute approximate surface area is 145 Å². The second-order valence-corrected chi connectivity index (χ2v) is 7.29. The summed E-state index contributed by atoms with van der Waals surface area (Å²) in [5, 5.41) is 0.491. The van der Waals surface area contributed by atoms with Gasteiger partial charge in [0.1, 0.15) is 0 Å². The van der Waals surface area contributed by atoms with E-state index in [1.165, 1.54) is 33.4 Å². The van der Waals surface area contributed by atoms with E-state index in [-0.39, 0.29) is 5.38 Å². The number of hydrogen-bond donors (Lipinski definition) is 0. The first-order valence-electron chi connectivity index (χ1n) is 6.91. The van der Waals surface area contributed by atoms with Crippen LogP contribution in [0.25, 0.3) is 0 Å². The van der Waals surface area contributed by atoms with Gasteiger partial charge in [-0.15, -0.1) is 11.6 Å². The van der Waals surface area contributed by atoms with E-state index in [0.717, 1.165) is 10.0 Å². The maximum absolute atomic E-state index is 6.83. The highest BCUT2D eigenvalue weighted by molar-refractivity contribution is 9.10. The Kier molecular flexibility index (Phi) is 5.07. The van der Waals surface area contributed by atoms with Crippen molar-refractivity contribution in [2.45, 2.75) is 40.0 Å². The molecule has 0 aliphatic rings. The summed E-state index contributed by atoms with van der Waals surface area (Å²) in [6.07, 6.45) is 0. The van der Waals surface area contributed by atoms with Crippen molar-refractivity contribution in [1.29, 1.82) is 0 Å². The maximum Gasteiger partial charge on any atom is 0.0852 e. The quantitative estimate of drug-likeness (QED) is 0.489. The number of hydrogen-bond acceptors (Lipinski definition) is 0. The molecule has 0 aromatic heterocycles. The zero-order chi connectivity index (χ0) is 15.9. The van der Waals surface area contributed by atoms with Gasteiger partial charge >= 0.3 is 0 Å². The second-order valence-electron chi connectivity index (χ2n) is 5.57. The Morgan fingerprint density at radius 1 is 0.857 bits per heavy atom. The molecule has 0 heterocycles. The monoisotopic (exact) mass is 384 g/mol. The number of alkyl halides is 1. The third-order valence-corrected chi connectivity index (χ3v) is 5.95. The van der Waals surface area contributed by atoms with Gasteiger partial charge in [0.05, 0.1) is 5.38 Å². The van der Waals surface area contributed by atoms with Gasteiger partial charge in [-0.3, -0.25) is 0 Å². The SMILES string of the molecule is Cc1c(C)c(C)c(C(Cl)c2cc(Cl)ccc2Br)c(C)c1C. The summed E-state index contributed by atoms with van der Waals surface area (Å²) in [7, 11) is 0. The van der Waals surface area contributed by atoms with Gasteiger partial charge in [-0.05, 0) is 91.8 Å². The van der Waals surface area contributed by atoms with Crippen molar-refractivity contribution >= 4 is 39.1 Å². The Balaban J connectivity index is 2.69. The van der Waals surface area contributed by atoms with E-state index in [0.29, 0.717) is 5.02 Å². The van der Waals surface area contributed by atoms with E-state index >= 15 is 0 Å². The van der Waals surface area contributed by atoms with Gasteiger partial charge in [-0.25, -0.2) is 0 Å². The molecule has 0 N–H and O–H groups in total. The molecule has 3 heteroatoms. The lowest BCUT2D eigenvalue weighted by Gasteiger charge is -2.23. The van der Waals surface area contributed by atoms with Gasteiger partial charge in [-0.1, -0.05) is 27.5 Å². The lowest BCUT2D eigenvalue weighted by Crippen LogP contribution is -2.06. The molecule has 2 aromatic rings. The highest BCUT2D eigenvalue weighted by Gasteiger charge is 2.22. The van der Waals surface area contributed by atoms with Crippen LogP contribution in [0.2, 0.25) is 5.02 Å². The summed E-state index contributed by atoms with van der Waals surface area (Å²) in [5.41, 5.74) is 8.72. The fourth-order valence-corrected chi connectivity index (χ4v) is 4.07. The maximum atomic E-state index is 6.83. The van der Waals surface area contributed by atoms with E-state index in [4.69, 9.17) is 23.2 Å². The summed E-state index contributed by atoms with van der Waals surface area (Å²) < 4.78 is 0.988. The normalized spacial score (nSPS) is 12.6. The molecule has 0 bridgehead atoms. The molecule has 0 radical (unpaired) electrons. The van der Waals surface area contributed by atoms with E-state index in [1.807, 2.05) is 18.2 Å². The van der Waals surface area contributed by atoms with E-state index in [2.05, 4.69) is 50.5 Å². The Bertz CT molecular complexity index is 676. The smallest absolute Gasteiger partial charge is 0.0852 e. The molecule has 0 saturated heterocycles. The van der Waals surface area contributed by atoms with E-state index in [9.17, 15) is 0 Å². The third kappa shape index (κ3) is 3.02. The standard InChI is InChI=1S/C18H19BrCl2/c1-9-10(2)12(4)17(13(5)11(9)3)18(21)15-8-14(20)6-7-16(15)19/h6-8,18H,1-5H3. The minimum Gasteiger partial charge on any atom is -0.113 e. The van der Waals surface area contributed by atoms with Gasteiger partial charge < -0.3 is 0 Å². The molecule has 0 saturated carbocycles. The van der Waals surface area contributed by atoms with Crippen molar-refractivity contribution < 1.29 is 0 Å². The van der Waals surface area contributed by atoms with Crippen LogP contribution in [-0.2, 0) is 0 Å². The van der Waals surface area contributed by atoms with E-state index < -0.39 is 0 Å². The first-order valence-corrected chi connectivity index (χ1v) is 8.52. The van der Waals surface area contributed by atoms with Crippen molar-refractivity contribution in [1.82, 2.24) is 0 Å². The molecule has 0 aliphatic heterocycles. The fraction of sp³-hybridized carbons (Fsp3) is 0.333. The molecule has 0 aliphatic carbocycles. The average molecular weight is 386 g/mol. The molecule has 0 amide bonds. The molecule has 0 fully saturated rings. The van der Waals surface area contributed by atoms with E-state index in [1.54, 1.807) is 0 Å². The summed E-state index contributed by atoms with van der Waals surface area (Å²) in [6.45, 7) is 10.8. The highest BCUT2D eigenvalue weighted by atomic mass is 79.9. The van der Waals surface area contributed by atoms with Crippen LogP contribution in [-0.4, -0.2) is 0 Å². The molecule has 0 nitrogen and oxygen atoms in total. The summed E-state index contributed by atoms with van der Waals surface area (Å²) in [6, 6.07) is 5.75. The zero-order valence-corrected chi connectivity index (χ0v) is 16.0. The van der Waals surface area contributed by atoms with Crippen molar-refractivity contribution in [2.75, 3.05) is 0 Å². The van der Waals surface area contributed by atoms with Crippen LogP contribution in [0.15, 0.2) is 22.7 Å². The predicted molar refractivity (Wildman–Crippen MR) is 97.0 cm³/mol. The number of benzene rings is 2. The molecule has 0 spiro atoms. The van der Waals surface area contributed by atoms with Gasteiger partial charge in [0.15, 0.2) is 0 Å². The van der Waals surface area contributed by atoms with Crippen molar-refractivity contribution in [2.24, 2.45) is 0 Å². The van der Waals surface area contributed by atoms with Crippen LogP contribution >= 0.6 is 39.1 Å². The van der Waals surface area contributed by atoms with Gasteiger partial charge in [0, 0.05) is 9.50 Å². The Hall–Kier alpha value is -0.500. The molecule has 1 unspecified atom stereocenters. The van der Waals surface area contributed by atoms with Crippen molar-refractivity contribution in [3.63, 3.8) is 0 Å². The van der Waals surface area contributed by atoms with Crippen LogP contribution in [0.3, 0.4) is 0 Å². The number of halogens is 3. The first kappa shape index (κ1) is 16.9. The molecule has 1 atom stereocenters. The molecular weight excluding hydrogens is 367 g/mol. The van der Waals surface area contributed by atoms with Crippen LogP contribution in [0.4, 0.5) is 0 Å². The third-order valence-electron chi connectivity index (χ3n) is 4.54. The molecule has 2 rings (SSSR count). The van der Waals surface area contributed by atoms with Crippen LogP contribution < -0.4 is 0 Å². The van der Waals surface area contributed by atoms with Crippen LogP contribution in [0, 0.1) is 34.6 Å². The molecule has 21 heavy (non-hydrogen) atoms. The van der Waals surface area contributed by atoms with Gasteiger partial charge in [0.25, 0.3) is 0 Å². The summed E-state index contributed by atoms with van der Waals surface area (Å²) in [4.78, 5) is 0. The molecule has 2 aromatic carbocycles. The Morgan fingerprint density at radius 2 is 1.33 bits per heavy atom. The topological polar surface area (TPSA) is 0 Å². The predicted octanol–water partition coefficient (Wildman–Crippen LogP) is 6.97. The largest absolute Gasteiger partial charge is 0.113 e. The molecule has 112 valence electrons. The first-order chi connectivity index (χ1) is 9.75. The average Bonchev–Trinajstić information content (AvgIpc) is 2.45. The minimum absolute atomic E-state index is 0.212. The van der Waals surface area contributed by atoms with Crippen LogP contribution in [0.1, 0.15) is 44.3 Å². The highest BCUT2D eigenvalue weighted by Crippen LogP contribution is 2.40. The lowest BCUT2D eigenvalue weighted by molar-refractivity contribution is 1.03. The van der Waals surface area contributed by atoms with Gasteiger partial charge in [0.2, 0.25) is 0 Å². The fourth-order valence-electron chi connectivity index (χ4n) is 2.77. The van der Waals surface area contributed by atoms with Crippen molar-refractivity contribution in [3.8, 4) is 0 Å². The summed E-state index contributed by atoms with van der Waals surface area (Å²) in [5.74, 6) is 0. The van der Waals surface area contributed by atoms with Crippen molar-refractivity contribution in [3.05, 3.63) is 66.6 Å².